The molecule has 0 saturated carbocycles. The van der Waals surface area contributed by atoms with Crippen LogP contribution in [-0.4, -0.2) is 74.2 Å². The lowest BCUT2D eigenvalue weighted by Gasteiger charge is -2.41. The van der Waals surface area contributed by atoms with Gasteiger partial charge in [-0.25, -0.2) is 9.78 Å². The molecular formula is C36H47BN4O4Si. The molecule has 1 aliphatic carbocycles. The second-order valence-electron chi connectivity index (χ2n) is 14.2. The molecular weight excluding hydrogens is 591 g/mol. The Hall–Kier alpha value is -3.60. The zero-order chi connectivity index (χ0) is 32.4. The molecule has 1 aliphatic heterocycles. The van der Waals surface area contributed by atoms with Crippen molar-refractivity contribution < 1.29 is 19.4 Å². The molecule has 2 aliphatic rings. The van der Waals surface area contributed by atoms with Crippen LogP contribution in [0.1, 0.15) is 52.4 Å². The number of aromatic carboxylic acids is 1. The second kappa shape index (κ2) is 13.6. The second-order valence-corrected chi connectivity index (χ2v) is 19.9. The Kier molecular flexibility index (Phi) is 9.59. The first-order chi connectivity index (χ1) is 22.1. The molecule has 1 fully saturated rings. The lowest BCUT2D eigenvalue weighted by atomic mass is 9.83. The first kappa shape index (κ1) is 32.3. The zero-order valence-electron chi connectivity index (χ0n) is 28.0. The van der Waals surface area contributed by atoms with Crippen LogP contribution in [0, 0.1) is 6.92 Å². The van der Waals surface area contributed by atoms with Gasteiger partial charge in [0, 0.05) is 70.2 Å². The molecule has 46 heavy (non-hydrogen) atoms. The van der Waals surface area contributed by atoms with E-state index in [0.29, 0.717) is 24.3 Å². The van der Waals surface area contributed by atoms with Gasteiger partial charge >= 0.3 is 5.97 Å². The van der Waals surface area contributed by atoms with E-state index >= 15 is 0 Å². The highest BCUT2D eigenvalue weighted by molar-refractivity contribution is 6.76. The minimum atomic E-state index is -1.15. The number of carboxylic acids is 1. The lowest BCUT2D eigenvalue weighted by molar-refractivity contribution is 0.0694. The number of carbonyl (C=O) groups is 1. The molecule has 8 nitrogen and oxygen atoms in total. The van der Waals surface area contributed by atoms with E-state index in [0.717, 1.165) is 55.6 Å². The number of benzene rings is 2. The Morgan fingerprint density at radius 2 is 1.87 bits per heavy atom. The summed E-state index contributed by atoms with van der Waals surface area (Å²) in [6.45, 7) is 14.1. The monoisotopic (exact) mass is 638 g/mol. The van der Waals surface area contributed by atoms with Crippen molar-refractivity contribution in [3.05, 3.63) is 77.1 Å². The van der Waals surface area contributed by atoms with Gasteiger partial charge < -0.3 is 24.0 Å². The van der Waals surface area contributed by atoms with E-state index in [1.165, 1.54) is 42.3 Å². The summed E-state index contributed by atoms with van der Waals surface area (Å²) in [4.78, 5) is 21.8. The van der Waals surface area contributed by atoms with Gasteiger partial charge in [-0.2, -0.15) is 0 Å². The summed E-state index contributed by atoms with van der Waals surface area (Å²) < 4.78 is 14.1. The minimum absolute atomic E-state index is 0.136. The van der Waals surface area contributed by atoms with Crippen LogP contribution in [0.15, 0.2) is 54.9 Å². The van der Waals surface area contributed by atoms with Crippen molar-refractivity contribution in [3.8, 4) is 11.5 Å². The van der Waals surface area contributed by atoms with Crippen molar-refractivity contribution in [1.29, 1.82) is 0 Å². The van der Waals surface area contributed by atoms with E-state index in [1.807, 2.05) is 35.0 Å². The number of pyridine rings is 1. The van der Waals surface area contributed by atoms with Crippen LogP contribution in [0.2, 0.25) is 25.7 Å². The summed E-state index contributed by atoms with van der Waals surface area (Å²) in [6.07, 6.45) is 8.52. The molecule has 242 valence electrons. The van der Waals surface area contributed by atoms with Crippen molar-refractivity contribution in [3.63, 3.8) is 0 Å². The Morgan fingerprint density at radius 1 is 1.07 bits per heavy atom. The maximum absolute atomic E-state index is 12.2. The molecule has 3 heterocycles. The summed E-state index contributed by atoms with van der Waals surface area (Å²) >= 11 is 0. The molecule has 2 aromatic carbocycles. The fourth-order valence-electron chi connectivity index (χ4n) is 6.99. The number of aromatic nitrogens is 2. The van der Waals surface area contributed by atoms with E-state index in [9.17, 15) is 9.90 Å². The van der Waals surface area contributed by atoms with Gasteiger partial charge in [-0.1, -0.05) is 49.2 Å². The topological polar surface area (TPSA) is 80.1 Å². The van der Waals surface area contributed by atoms with Gasteiger partial charge in [0.2, 0.25) is 0 Å². The third kappa shape index (κ3) is 7.35. The van der Waals surface area contributed by atoms with Crippen LogP contribution in [0.25, 0.3) is 11.0 Å². The van der Waals surface area contributed by atoms with Gasteiger partial charge in [0.25, 0.3) is 0 Å². The number of piperazine rings is 1. The summed E-state index contributed by atoms with van der Waals surface area (Å²) in [7, 11) is 1.12. The molecule has 0 spiro atoms. The van der Waals surface area contributed by atoms with E-state index in [4.69, 9.17) is 9.47 Å². The van der Waals surface area contributed by atoms with Crippen LogP contribution in [0.3, 0.4) is 0 Å². The predicted octanol–water partition coefficient (Wildman–Crippen LogP) is 6.00. The number of hydrogen-bond donors (Lipinski definition) is 1. The molecule has 1 unspecified atom stereocenters. The highest BCUT2D eigenvalue weighted by Gasteiger charge is 2.29. The number of anilines is 1. The van der Waals surface area contributed by atoms with Gasteiger partial charge in [0.05, 0.1) is 6.20 Å². The molecule has 2 aromatic heterocycles. The summed E-state index contributed by atoms with van der Waals surface area (Å²) in [5.74, 6) is -0.182. The lowest BCUT2D eigenvalue weighted by Crippen LogP contribution is -2.48. The first-order valence-electron chi connectivity index (χ1n) is 16.7. The van der Waals surface area contributed by atoms with Crippen molar-refractivity contribution in [1.82, 2.24) is 14.5 Å². The number of hydrogen-bond acceptors (Lipinski definition) is 6. The van der Waals surface area contributed by atoms with Gasteiger partial charge in [0.15, 0.2) is 0 Å². The van der Waals surface area contributed by atoms with Crippen molar-refractivity contribution in [2.24, 2.45) is 0 Å². The average Bonchev–Trinajstić information content (AvgIpc) is 3.28. The maximum Gasteiger partial charge on any atom is 0.339 e. The first-order valence-corrected chi connectivity index (χ1v) is 20.4. The standard InChI is InChI=1S/C36H47BN4O4Si/c1-25-19-31-29(32(37)20-25)7-5-6-8-33(31)40-15-13-39(14-16-40)27-9-10-30(36(42)43)34(22-27)45-28-21-26-11-12-41(35(26)38-23-28)24-44-17-18-46(2,3)4/h9-12,19-23,33H,5-8,13-18,24,37H2,1-4H3,(H,42,43). The molecule has 0 bridgehead atoms. The molecule has 1 saturated heterocycles. The third-order valence-electron chi connectivity index (χ3n) is 9.51. The Morgan fingerprint density at radius 3 is 2.63 bits per heavy atom. The van der Waals surface area contributed by atoms with Gasteiger partial charge in [-0.05, 0) is 67.6 Å². The SMILES string of the molecule is Bc1cc(C)cc2c1CCCCC2N1CCN(c2ccc(C(=O)O)c(Oc3cnc4c(ccn4COCC[Si](C)(C)C)c3)c2)CC1. The van der Waals surface area contributed by atoms with Crippen molar-refractivity contribution in [2.45, 2.75) is 71.1 Å². The molecule has 1 N–H and O–H groups in total. The summed E-state index contributed by atoms with van der Waals surface area (Å²) in [6, 6.07) is 15.7. The Bertz CT molecular complexity index is 1710. The zero-order valence-corrected chi connectivity index (χ0v) is 29.0. The Balaban J connectivity index is 1.15. The molecule has 0 amide bonds. The molecule has 0 radical (unpaired) electrons. The molecule has 10 heteroatoms. The van der Waals surface area contributed by atoms with Crippen molar-refractivity contribution in [2.75, 3.05) is 37.7 Å². The highest BCUT2D eigenvalue weighted by atomic mass is 28.3. The van der Waals surface area contributed by atoms with E-state index < -0.39 is 14.0 Å². The summed E-state index contributed by atoms with van der Waals surface area (Å²) in [5, 5.41) is 10.9. The number of nitrogens with zero attached hydrogens (tertiary/aromatic N) is 4. The van der Waals surface area contributed by atoms with Gasteiger partial charge in [-0.3, -0.25) is 4.90 Å². The largest absolute Gasteiger partial charge is 0.478 e. The summed E-state index contributed by atoms with van der Waals surface area (Å²) in [5.41, 5.74) is 7.78. The number of rotatable bonds is 10. The Labute approximate surface area is 274 Å². The van der Waals surface area contributed by atoms with Crippen LogP contribution < -0.4 is 15.1 Å². The third-order valence-corrected chi connectivity index (χ3v) is 11.2. The van der Waals surface area contributed by atoms with Crippen LogP contribution in [0.5, 0.6) is 11.5 Å². The fourth-order valence-corrected chi connectivity index (χ4v) is 7.75. The normalized spacial score (nSPS) is 17.6. The molecule has 6 rings (SSSR count). The molecule has 4 aromatic rings. The number of fused-ring (bicyclic) bond motifs is 2. The average molecular weight is 639 g/mol. The number of carboxylic acid groups (broad SMARTS) is 1. The quantitative estimate of drug-likeness (QED) is 0.130. The highest BCUT2D eigenvalue weighted by Crippen LogP contribution is 2.36. The van der Waals surface area contributed by atoms with Gasteiger partial charge in [0.1, 0.15) is 37.3 Å². The van der Waals surface area contributed by atoms with E-state index in [1.54, 1.807) is 17.8 Å². The van der Waals surface area contributed by atoms with Crippen LogP contribution in [-0.2, 0) is 17.9 Å². The van der Waals surface area contributed by atoms with Crippen LogP contribution >= 0.6 is 0 Å². The van der Waals surface area contributed by atoms with E-state index in [-0.39, 0.29) is 5.56 Å². The number of aryl methyl sites for hydroxylation is 1. The number of ether oxygens (including phenoxy) is 2. The van der Waals surface area contributed by atoms with E-state index in [2.05, 4.69) is 61.3 Å². The maximum atomic E-state index is 12.2. The van der Waals surface area contributed by atoms with Gasteiger partial charge in [-0.15, -0.1) is 0 Å². The minimum Gasteiger partial charge on any atom is -0.478 e. The predicted molar refractivity (Wildman–Crippen MR) is 191 cm³/mol. The fraction of sp³-hybridized carbons (Fsp3) is 0.444. The molecule has 1 atom stereocenters. The van der Waals surface area contributed by atoms with Crippen molar-refractivity contribution >= 4 is 44.1 Å². The van der Waals surface area contributed by atoms with Crippen LogP contribution in [0.4, 0.5) is 5.69 Å². The smallest absolute Gasteiger partial charge is 0.339 e.